The predicted molar refractivity (Wildman–Crippen MR) is 79.5 cm³/mol. The van der Waals surface area contributed by atoms with Crippen LogP contribution in [0, 0.1) is 5.92 Å². The van der Waals surface area contributed by atoms with Gasteiger partial charge in [0.05, 0.1) is 18.8 Å². The van der Waals surface area contributed by atoms with Gasteiger partial charge in [-0.25, -0.2) is 8.42 Å². The van der Waals surface area contributed by atoms with Gasteiger partial charge in [-0.15, -0.1) is 11.3 Å². The van der Waals surface area contributed by atoms with Crippen molar-refractivity contribution in [2.45, 2.75) is 17.3 Å². The Labute approximate surface area is 128 Å². The Morgan fingerprint density at radius 3 is 3.00 bits per heavy atom. The predicted octanol–water partition coefficient (Wildman–Crippen LogP) is 1.41. The van der Waals surface area contributed by atoms with Crippen LogP contribution in [0.2, 0.25) is 0 Å². The first-order valence-corrected chi connectivity index (χ1v) is 8.96. The molecule has 0 aromatic carbocycles. The number of hydrogen-bond donors (Lipinski definition) is 0. The number of sulfonamides is 1. The molecule has 6 nitrogen and oxygen atoms in total. The standard InChI is InChI=1S/C13H17N3O3S2/c1-19-10-11-7-15(9-12-4-5-14-16(12)8-11)21(17,18)13-3-2-6-20-13/h2-6,11H,7-10H2,1H3/t11-/m0/s1. The second-order valence-corrected chi connectivity index (χ2v) is 8.17. The first kappa shape index (κ1) is 14.7. The van der Waals surface area contributed by atoms with Crippen LogP contribution in [-0.2, 0) is 27.8 Å². The van der Waals surface area contributed by atoms with Crippen molar-refractivity contribution in [3.8, 4) is 0 Å². The molecule has 0 amide bonds. The maximum Gasteiger partial charge on any atom is 0.252 e. The van der Waals surface area contributed by atoms with Gasteiger partial charge in [-0.2, -0.15) is 9.40 Å². The van der Waals surface area contributed by atoms with E-state index < -0.39 is 10.0 Å². The normalized spacial score (nSPS) is 20.1. The summed E-state index contributed by atoms with van der Waals surface area (Å²) in [7, 11) is -1.83. The third-order valence-electron chi connectivity index (χ3n) is 3.53. The third-order valence-corrected chi connectivity index (χ3v) is 6.71. The van der Waals surface area contributed by atoms with Crippen LogP contribution in [0.25, 0.3) is 0 Å². The van der Waals surface area contributed by atoms with Crippen molar-refractivity contribution in [1.29, 1.82) is 0 Å². The fourth-order valence-corrected chi connectivity index (χ4v) is 5.19. The van der Waals surface area contributed by atoms with Crippen molar-refractivity contribution in [1.82, 2.24) is 14.1 Å². The number of methoxy groups -OCH3 is 1. The summed E-state index contributed by atoms with van der Waals surface area (Å²) in [4.78, 5) is 0. The maximum atomic E-state index is 12.7. The first-order chi connectivity index (χ1) is 10.1. The molecule has 1 aliphatic rings. The Balaban J connectivity index is 1.94. The quantitative estimate of drug-likeness (QED) is 0.852. The summed E-state index contributed by atoms with van der Waals surface area (Å²) >= 11 is 1.24. The van der Waals surface area contributed by atoms with Gasteiger partial charge in [0.25, 0.3) is 10.0 Å². The van der Waals surface area contributed by atoms with Gasteiger partial charge in [0.15, 0.2) is 0 Å². The average Bonchev–Trinajstić information content (AvgIpc) is 3.08. The van der Waals surface area contributed by atoms with Crippen molar-refractivity contribution >= 4 is 21.4 Å². The molecule has 0 aliphatic carbocycles. The van der Waals surface area contributed by atoms with E-state index >= 15 is 0 Å². The van der Waals surface area contributed by atoms with Gasteiger partial charge < -0.3 is 4.74 Å². The molecule has 2 aromatic rings. The molecule has 0 unspecified atom stereocenters. The van der Waals surface area contributed by atoms with Gasteiger partial charge in [-0.05, 0) is 17.5 Å². The Morgan fingerprint density at radius 2 is 2.29 bits per heavy atom. The zero-order chi connectivity index (χ0) is 14.9. The van der Waals surface area contributed by atoms with Crippen LogP contribution >= 0.6 is 11.3 Å². The van der Waals surface area contributed by atoms with Gasteiger partial charge in [0, 0.05) is 32.3 Å². The highest BCUT2D eigenvalue weighted by atomic mass is 32.2. The lowest BCUT2D eigenvalue weighted by molar-refractivity contribution is 0.133. The maximum absolute atomic E-state index is 12.7. The SMILES string of the molecule is COC[C@H]1CN(S(=O)(=O)c2cccs2)Cc2ccnn2C1. The number of nitrogens with zero attached hydrogens (tertiary/aromatic N) is 3. The lowest BCUT2D eigenvalue weighted by Crippen LogP contribution is -2.34. The first-order valence-electron chi connectivity index (χ1n) is 6.64. The van der Waals surface area contributed by atoms with Crippen LogP contribution in [0.15, 0.2) is 34.0 Å². The van der Waals surface area contributed by atoms with E-state index in [9.17, 15) is 8.42 Å². The molecule has 114 valence electrons. The summed E-state index contributed by atoms with van der Waals surface area (Å²) in [6.07, 6.45) is 1.71. The number of thiophene rings is 1. The molecule has 0 bridgehead atoms. The molecule has 8 heteroatoms. The highest BCUT2D eigenvalue weighted by Gasteiger charge is 2.31. The Kier molecular flexibility index (Phi) is 4.12. The van der Waals surface area contributed by atoms with Crippen LogP contribution in [-0.4, -0.2) is 42.8 Å². The summed E-state index contributed by atoms with van der Waals surface area (Å²) < 4.78 is 34.5. The minimum atomic E-state index is -3.46. The van der Waals surface area contributed by atoms with Crippen LogP contribution in [0.5, 0.6) is 0 Å². The molecule has 3 rings (SSSR count). The Hall–Kier alpha value is -1.22. The van der Waals surface area contributed by atoms with Gasteiger partial charge in [-0.1, -0.05) is 6.07 Å². The number of fused-ring (bicyclic) bond motifs is 1. The summed E-state index contributed by atoms with van der Waals surface area (Å²) in [5.41, 5.74) is 0.911. The molecule has 3 heterocycles. The number of ether oxygens (including phenoxy) is 1. The second-order valence-electron chi connectivity index (χ2n) is 5.06. The van der Waals surface area contributed by atoms with Crippen LogP contribution in [0.4, 0.5) is 0 Å². The molecule has 0 radical (unpaired) electrons. The summed E-state index contributed by atoms with van der Waals surface area (Å²) in [6.45, 7) is 1.97. The number of hydrogen-bond acceptors (Lipinski definition) is 5. The van der Waals surface area contributed by atoms with Gasteiger partial charge in [-0.3, -0.25) is 4.68 Å². The molecule has 0 fully saturated rings. The molecule has 2 aromatic heterocycles. The van der Waals surface area contributed by atoms with Crippen LogP contribution in [0.3, 0.4) is 0 Å². The van der Waals surface area contributed by atoms with E-state index in [0.29, 0.717) is 30.5 Å². The largest absolute Gasteiger partial charge is 0.384 e. The van der Waals surface area contributed by atoms with Gasteiger partial charge in [0.2, 0.25) is 0 Å². The third kappa shape index (κ3) is 2.89. The zero-order valence-electron chi connectivity index (χ0n) is 11.7. The minimum absolute atomic E-state index is 0.0888. The lowest BCUT2D eigenvalue weighted by atomic mass is 10.1. The molecular formula is C13H17N3O3S2. The highest BCUT2D eigenvalue weighted by molar-refractivity contribution is 7.91. The topological polar surface area (TPSA) is 64.4 Å². The minimum Gasteiger partial charge on any atom is -0.384 e. The Morgan fingerprint density at radius 1 is 1.43 bits per heavy atom. The van der Waals surface area contributed by atoms with E-state index in [0.717, 1.165) is 5.69 Å². The van der Waals surface area contributed by atoms with Crippen LogP contribution < -0.4 is 0 Å². The van der Waals surface area contributed by atoms with Crippen molar-refractivity contribution in [3.63, 3.8) is 0 Å². The van der Waals surface area contributed by atoms with E-state index in [1.165, 1.54) is 15.6 Å². The summed E-state index contributed by atoms with van der Waals surface area (Å²) in [5, 5.41) is 6.05. The smallest absolute Gasteiger partial charge is 0.252 e. The van der Waals surface area contributed by atoms with Gasteiger partial charge >= 0.3 is 0 Å². The Bertz CT molecular complexity index is 694. The van der Waals surface area contributed by atoms with E-state index in [2.05, 4.69) is 5.10 Å². The van der Waals surface area contributed by atoms with E-state index in [1.54, 1.807) is 30.8 Å². The lowest BCUT2D eigenvalue weighted by Gasteiger charge is -2.22. The summed E-state index contributed by atoms with van der Waals surface area (Å²) in [5.74, 6) is 0.0888. The molecule has 0 spiro atoms. The van der Waals surface area contributed by atoms with Crippen molar-refractivity contribution in [3.05, 3.63) is 35.5 Å². The van der Waals surface area contributed by atoms with E-state index in [4.69, 9.17) is 4.74 Å². The van der Waals surface area contributed by atoms with Gasteiger partial charge in [0.1, 0.15) is 4.21 Å². The molecular weight excluding hydrogens is 310 g/mol. The highest BCUT2D eigenvalue weighted by Crippen LogP contribution is 2.26. The van der Waals surface area contributed by atoms with E-state index in [-0.39, 0.29) is 5.92 Å². The zero-order valence-corrected chi connectivity index (χ0v) is 13.3. The fraction of sp³-hybridized carbons (Fsp3) is 0.462. The molecule has 0 saturated heterocycles. The van der Waals surface area contributed by atoms with E-state index in [1.807, 2.05) is 10.7 Å². The molecule has 0 saturated carbocycles. The monoisotopic (exact) mass is 327 g/mol. The van der Waals surface area contributed by atoms with Crippen molar-refractivity contribution in [2.24, 2.45) is 5.92 Å². The molecule has 1 aliphatic heterocycles. The average molecular weight is 327 g/mol. The second kappa shape index (κ2) is 5.88. The van der Waals surface area contributed by atoms with Crippen LogP contribution in [0.1, 0.15) is 5.69 Å². The van der Waals surface area contributed by atoms with Crippen molar-refractivity contribution < 1.29 is 13.2 Å². The molecule has 0 N–H and O–H groups in total. The number of aromatic nitrogens is 2. The summed E-state index contributed by atoms with van der Waals surface area (Å²) in [6, 6.07) is 5.27. The molecule has 1 atom stereocenters. The fourth-order valence-electron chi connectivity index (χ4n) is 2.56. The molecule has 21 heavy (non-hydrogen) atoms. The van der Waals surface area contributed by atoms with Crippen molar-refractivity contribution in [2.75, 3.05) is 20.3 Å². The number of rotatable bonds is 4.